The maximum atomic E-state index is 5.31. The summed E-state index contributed by atoms with van der Waals surface area (Å²) < 4.78 is 5.31. The molecule has 0 radical (unpaired) electrons. The van der Waals surface area contributed by atoms with Crippen LogP contribution in [-0.2, 0) is 6.54 Å². The van der Waals surface area contributed by atoms with E-state index in [1.807, 2.05) is 6.92 Å². The van der Waals surface area contributed by atoms with E-state index in [4.69, 9.17) is 4.42 Å². The van der Waals surface area contributed by atoms with Gasteiger partial charge in [0.15, 0.2) is 0 Å². The van der Waals surface area contributed by atoms with Crippen molar-refractivity contribution in [2.24, 2.45) is 0 Å². The van der Waals surface area contributed by atoms with Crippen LogP contribution < -0.4 is 5.32 Å². The van der Waals surface area contributed by atoms with Crippen LogP contribution in [0.1, 0.15) is 24.2 Å². The van der Waals surface area contributed by atoms with Crippen molar-refractivity contribution in [3.8, 4) is 0 Å². The zero-order chi connectivity index (χ0) is 10.7. The highest BCUT2D eigenvalue weighted by Crippen LogP contribution is 2.16. The first kappa shape index (κ1) is 10.7. The van der Waals surface area contributed by atoms with Crippen LogP contribution in [0.25, 0.3) is 0 Å². The predicted molar refractivity (Wildman–Crippen MR) is 60.8 cm³/mol. The smallest absolute Gasteiger partial charge is 0.105 e. The number of aryl methyl sites for hydroxylation is 1. The van der Waals surface area contributed by atoms with Gasteiger partial charge in [0.1, 0.15) is 5.76 Å². The Balaban J connectivity index is 1.91. The van der Waals surface area contributed by atoms with Crippen molar-refractivity contribution in [1.29, 1.82) is 0 Å². The predicted octanol–water partition coefficient (Wildman–Crippen LogP) is 1.77. The molecular formula is C12H20N2O. The van der Waals surface area contributed by atoms with Crippen LogP contribution in [0.4, 0.5) is 0 Å². The van der Waals surface area contributed by atoms with Gasteiger partial charge >= 0.3 is 0 Å². The summed E-state index contributed by atoms with van der Waals surface area (Å²) in [6.45, 7) is 5.34. The largest absolute Gasteiger partial charge is 0.469 e. The summed E-state index contributed by atoms with van der Waals surface area (Å²) in [5.74, 6) is 1.05. The van der Waals surface area contributed by atoms with E-state index in [2.05, 4.69) is 23.3 Å². The standard InChI is InChI=1S/C12H20N2O/c1-10-11(5-8-15-10)9-14(2)12-3-6-13-7-4-12/h5,8,12-13H,3-4,6-7,9H2,1-2H3. The third-order valence-electron chi connectivity index (χ3n) is 3.32. The maximum Gasteiger partial charge on any atom is 0.105 e. The van der Waals surface area contributed by atoms with E-state index in [1.165, 1.54) is 18.4 Å². The first-order valence-electron chi connectivity index (χ1n) is 5.71. The molecule has 0 atom stereocenters. The second-order valence-corrected chi connectivity index (χ2v) is 4.40. The van der Waals surface area contributed by atoms with Gasteiger partial charge in [0.2, 0.25) is 0 Å². The van der Waals surface area contributed by atoms with Crippen LogP contribution in [0, 0.1) is 6.92 Å². The Morgan fingerprint density at radius 1 is 1.47 bits per heavy atom. The van der Waals surface area contributed by atoms with E-state index in [0.717, 1.165) is 31.4 Å². The Labute approximate surface area is 91.4 Å². The average Bonchev–Trinajstić information content (AvgIpc) is 2.66. The topological polar surface area (TPSA) is 28.4 Å². The lowest BCUT2D eigenvalue weighted by molar-refractivity contribution is 0.191. The SMILES string of the molecule is Cc1occc1CN(C)C1CCNCC1. The van der Waals surface area contributed by atoms with Crippen molar-refractivity contribution in [2.45, 2.75) is 32.4 Å². The highest BCUT2D eigenvalue weighted by molar-refractivity contribution is 5.15. The molecule has 0 aromatic carbocycles. The summed E-state index contributed by atoms with van der Waals surface area (Å²) in [5.41, 5.74) is 1.32. The fourth-order valence-electron chi connectivity index (χ4n) is 2.22. The van der Waals surface area contributed by atoms with Crippen molar-refractivity contribution in [2.75, 3.05) is 20.1 Å². The summed E-state index contributed by atoms with van der Waals surface area (Å²) >= 11 is 0. The van der Waals surface area contributed by atoms with Crippen LogP contribution in [-0.4, -0.2) is 31.1 Å². The second-order valence-electron chi connectivity index (χ2n) is 4.40. The summed E-state index contributed by atoms with van der Waals surface area (Å²) in [6.07, 6.45) is 4.29. The van der Waals surface area contributed by atoms with Gasteiger partial charge in [-0.3, -0.25) is 4.90 Å². The number of piperidine rings is 1. The zero-order valence-electron chi connectivity index (χ0n) is 9.62. The molecule has 3 heteroatoms. The molecule has 0 bridgehead atoms. The third kappa shape index (κ3) is 2.61. The Morgan fingerprint density at radius 2 is 2.20 bits per heavy atom. The van der Waals surface area contributed by atoms with Crippen LogP contribution >= 0.6 is 0 Å². The van der Waals surface area contributed by atoms with Crippen LogP contribution in [0.5, 0.6) is 0 Å². The first-order valence-corrected chi connectivity index (χ1v) is 5.71. The van der Waals surface area contributed by atoms with E-state index >= 15 is 0 Å². The molecule has 1 aromatic rings. The normalized spacial score (nSPS) is 18.6. The minimum atomic E-state index is 0.723. The van der Waals surface area contributed by atoms with E-state index in [1.54, 1.807) is 6.26 Å². The number of furan rings is 1. The van der Waals surface area contributed by atoms with Gasteiger partial charge in [0, 0.05) is 18.2 Å². The van der Waals surface area contributed by atoms with Crippen molar-refractivity contribution in [3.63, 3.8) is 0 Å². The number of hydrogen-bond acceptors (Lipinski definition) is 3. The molecule has 0 aliphatic carbocycles. The fraction of sp³-hybridized carbons (Fsp3) is 0.667. The molecule has 0 spiro atoms. The molecule has 2 rings (SSSR count). The number of rotatable bonds is 3. The minimum Gasteiger partial charge on any atom is -0.469 e. The Bertz CT molecular complexity index is 302. The summed E-state index contributed by atoms with van der Waals surface area (Å²) in [4.78, 5) is 2.44. The van der Waals surface area contributed by atoms with Crippen molar-refractivity contribution in [1.82, 2.24) is 10.2 Å². The maximum absolute atomic E-state index is 5.31. The quantitative estimate of drug-likeness (QED) is 0.820. The second kappa shape index (κ2) is 4.81. The van der Waals surface area contributed by atoms with Gasteiger partial charge in [-0.05, 0) is 46.0 Å². The van der Waals surface area contributed by atoms with Crippen LogP contribution in [0.2, 0.25) is 0 Å². The molecular weight excluding hydrogens is 188 g/mol. The number of hydrogen-bond donors (Lipinski definition) is 1. The van der Waals surface area contributed by atoms with Crippen molar-refractivity contribution in [3.05, 3.63) is 23.7 Å². The van der Waals surface area contributed by atoms with Crippen molar-refractivity contribution < 1.29 is 4.42 Å². The van der Waals surface area contributed by atoms with Gasteiger partial charge in [-0.25, -0.2) is 0 Å². The highest BCUT2D eigenvalue weighted by Gasteiger charge is 2.18. The van der Waals surface area contributed by atoms with E-state index in [0.29, 0.717) is 0 Å². The van der Waals surface area contributed by atoms with Crippen LogP contribution in [0.3, 0.4) is 0 Å². The molecule has 15 heavy (non-hydrogen) atoms. The summed E-state index contributed by atoms with van der Waals surface area (Å²) in [6, 6.07) is 2.80. The minimum absolute atomic E-state index is 0.723. The zero-order valence-corrected chi connectivity index (χ0v) is 9.62. The Hall–Kier alpha value is -0.800. The van der Waals surface area contributed by atoms with Gasteiger partial charge in [-0.2, -0.15) is 0 Å². The molecule has 1 fully saturated rings. The Kier molecular flexibility index (Phi) is 3.44. The third-order valence-corrected chi connectivity index (χ3v) is 3.32. The lowest BCUT2D eigenvalue weighted by Gasteiger charge is -2.31. The molecule has 84 valence electrons. The van der Waals surface area contributed by atoms with E-state index in [-0.39, 0.29) is 0 Å². The molecule has 0 unspecified atom stereocenters. The monoisotopic (exact) mass is 208 g/mol. The van der Waals surface area contributed by atoms with Gasteiger partial charge in [-0.15, -0.1) is 0 Å². The molecule has 1 saturated heterocycles. The van der Waals surface area contributed by atoms with E-state index < -0.39 is 0 Å². The molecule has 1 aromatic heterocycles. The average molecular weight is 208 g/mol. The molecule has 0 saturated carbocycles. The Morgan fingerprint density at radius 3 is 2.80 bits per heavy atom. The van der Waals surface area contributed by atoms with Gasteiger partial charge < -0.3 is 9.73 Å². The van der Waals surface area contributed by atoms with Gasteiger partial charge in [-0.1, -0.05) is 0 Å². The lowest BCUT2D eigenvalue weighted by atomic mass is 10.0. The van der Waals surface area contributed by atoms with Gasteiger partial charge in [0.05, 0.1) is 6.26 Å². The fourth-order valence-corrected chi connectivity index (χ4v) is 2.22. The molecule has 1 aliphatic rings. The molecule has 1 aliphatic heterocycles. The first-order chi connectivity index (χ1) is 7.27. The molecule has 3 nitrogen and oxygen atoms in total. The lowest BCUT2D eigenvalue weighted by Crippen LogP contribution is -2.40. The highest BCUT2D eigenvalue weighted by atomic mass is 16.3. The summed E-state index contributed by atoms with van der Waals surface area (Å²) in [5, 5.41) is 3.39. The van der Waals surface area contributed by atoms with Gasteiger partial charge in [0.25, 0.3) is 0 Å². The molecule has 2 heterocycles. The van der Waals surface area contributed by atoms with Crippen molar-refractivity contribution >= 4 is 0 Å². The molecule has 0 amide bonds. The number of nitrogens with zero attached hydrogens (tertiary/aromatic N) is 1. The van der Waals surface area contributed by atoms with E-state index in [9.17, 15) is 0 Å². The number of nitrogens with one attached hydrogen (secondary N) is 1. The van der Waals surface area contributed by atoms with Crippen LogP contribution in [0.15, 0.2) is 16.7 Å². The molecule has 1 N–H and O–H groups in total. The summed E-state index contributed by atoms with van der Waals surface area (Å²) in [7, 11) is 2.21.